The lowest BCUT2D eigenvalue weighted by Gasteiger charge is -2.08. The van der Waals surface area contributed by atoms with E-state index in [1.807, 2.05) is 7.05 Å². The molecule has 0 saturated heterocycles. The van der Waals surface area contributed by atoms with E-state index in [1.54, 1.807) is 0 Å². The molecule has 0 aliphatic carbocycles. The minimum absolute atomic E-state index is 0.729. The van der Waals surface area contributed by atoms with E-state index in [0.717, 1.165) is 37.5 Å². The number of hydrogen-bond acceptors (Lipinski definition) is 3. The lowest BCUT2D eigenvalue weighted by molar-refractivity contribution is 0.522. The second-order valence-electron chi connectivity index (χ2n) is 4.67. The van der Waals surface area contributed by atoms with Crippen LogP contribution in [0.2, 0.25) is 0 Å². The Morgan fingerprint density at radius 3 is 2.69 bits per heavy atom. The Morgan fingerprint density at radius 1 is 1.38 bits per heavy atom. The molecule has 1 rings (SSSR count). The Bertz CT molecular complexity index is 280. The van der Waals surface area contributed by atoms with Crippen LogP contribution in [0, 0.1) is 5.92 Å². The summed E-state index contributed by atoms with van der Waals surface area (Å²) in [4.78, 5) is 0. The number of nitrogens with one attached hydrogen (secondary N) is 1. The fraction of sp³-hybridized carbons (Fsp3) is 0.833. The minimum atomic E-state index is 0.729. The summed E-state index contributed by atoms with van der Waals surface area (Å²) in [7, 11) is 1.95. The zero-order valence-corrected chi connectivity index (χ0v) is 11.0. The summed E-state index contributed by atoms with van der Waals surface area (Å²) >= 11 is 0. The molecule has 0 bridgehead atoms. The average molecular weight is 224 g/mol. The van der Waals surface area contributed by atoms with Gasteiger partial charge >= 0.3 is 0 Å². The highest BCUT2D eigenvalue weighted by Crippen LogP contribution is 2.12. The van der Waals surface area contributed by atoms with Gasteiger partial charge in [-0.1, -0.05) is 26.0 Å². The predicted molar refractivity (Wildman–Crippen MR) is 66.2 cm³/mol. The van der Waals surface area contributed by atoms with Crippen molar-refractivity contribution in [1.82, 2.24) is 20.3 Å². The van der Waals surface area contributed by atoms with E-state index in [2.05, 4.69) is 41.1 Å². The van der Waals surface area contributed by atoms with Gasteiger partial charge in [-0.3, -0.25) is 0 Å². The number of aryl methyl sites for hydroxylation is 1. The van der Waals surface area contributed by atoms with Crippen LogP contribution in [0.1, 0.15) is 45.0 Å². The van der Waals surface area contributed by atoms with E-state index in [-0.39, 0.29) is 0 Å². The summed E-state index contributed by atoms with van der Waals surface area (Å²) in [6, 6.07) is 0. The molecule has 0 amide bonds. The van der Waals surface area contributed by atoms with Crippen LogP contribution < -0.4 is 5.32 Å². The van der Waals surface area contributed by atoms with Crippen LogP contribution in [0.4, 0.5) is 0 Å². The Hall–Kier alpha value is -0.900. The van der Waals surface area contributed by atoms with Crippen molar-refractivity contribution in [1.29, 1.82) is 0 Å². The van der Waals surface area contributed by atoms with Crippen LogP contribution in [0.25, 0.3) is 0 Å². The predicted octanol–water partition coefficient (Wildman–Crippen LogP) is 2.00. The van der Waals surface area contributed by atoms with E-state index in [0.29, 0.717) is 0 Å². The van der Waals surface area contributed by atoms with Gasteiger partial charge in [0, 0.05) is 13.1 Å². The van der Waals surface area contributed by atoms with Crippen molar-refractivity contribution in [2.45, 2.75) is 53.1 Å². The highest BCUT2D eigenvalue weighted by molar-refractivity contribution is 5.10. The van der Waals surface area contributed by atoms with Crippen molar-refractivity contribution in [2.24, 2.45) is 5.92 Å². The normalized spacial score (nSPS) is 11.3. The van der Waals surface area contributed by atoms with Crippen LogP contribution in [-0.2, 0) is 19.5 Å². The second-order valence-corrected chi connectivity index (χ2v) is 4.67. The summed E-state index contributed by atoms with van der Waals surface area (Å²) in [5.74, 6) is 0.729. The van der Waals surface area contributed by atoms with Gasteiger partial charge in [-0.2, -0.15) is 0 Å². The van der Waals surface area contributed by atoms with Gasteiger partial charge in [-0.15, -0.1) is 5.10 Å². The van der Waals surface area contributed by atoms with E-state index < -0.39 is 0 Å². The summed E-state index contributed by atoms with van der Waals surface area (Å²) in [5, 5.41) is 11.6. The monoisotopic (exact) mass is 224 g/mol. The third-order valence-corrected chi connectivity index (χ3v) is 2.66. The molecule has 16 heavy (non-hydrogen) atoms. The van der Waals surface area contributed by atoms with Crippen LogP contribution >= 0.6 is 0 Å². The highest BCUT2D eigenvalue weighted by Gasteiger charge is 2.11. The molecule has 0 atom stereocenters. The van der Waals surface area contributed by atoms with Gasteiger partial charge in [0.2, 0.25) is 0 Å². The first-order valence-corrected chi connectivity index (χ1v) is 6.24. The van der Waals surface area contributed by atoms with Gasteiger partial charge in [0.25, 0.3) is 0 Å². The topological polar surface area (TPSA) is 42.7 Å². The molecule has 1 N–H and O–H groups in total. The van der Waals surface area contributed by atoms with E-state index in [1.165, 1.54) is 12.1 Å². The maximum absolute atomic E-state index is 4.25. The zero-order valence-electron chi connectivity index (χ0n) is 11.0. The first-order valence-electron chi connectivity index (χ1n) is 6.24. The number of rotatable bonds is 7. The number of aromatic nitrogens is 3. The third-order valence-electron chi connectivity index (χ3n) is 2.66. The highest BCUT2D eigenvalue weighted by atomic mass is 15.4. The largest absolute Gasteiger partial charge is 0.314 e. The summed E-state index contributed by atoms with van der Waals surface area (Å²) in [5.41, 5.74) is 2.42. The van der Waals surface area contributed by atoms with Crippen LogP contribution in [-0.4, -0.2) is 22.0 Å². The van der Waals surface area contributed by atoms with Gasteiger partial charge in [-0.05, 0) is 32.2 Å². The Morgan fingerprint density at radius 2 is 2.12 bits per heavy atom. The Labute approximate surface area is 98.4 Å². The van der Waals surface area contributed by atoms with Crippen LogP contribution in [0.15, 0.2) is 0 Å². The standard InChI is InChI=1S/C12H24N4/c1-5-8-16-12(7-6-10(2)3)11(9-13-4)14-15-16/h10,13H,5-9H2,1-4H3. The summed E-state index contributed by atoms with van der Waals surface area (Å²) in [6.45, 7) is 8.48. The molecular formula is C12H24N4. The van der Waals surface area contributed by atoms with Crippen molar-refractivity contribution in [3.63, 3.8) is 0 Å². The fourth-order valence-corrected chi connectivity index (χ4v) is 1.76. The first-order chi connectivity index (χ1) is 7.69. The molecule has 1 heterocycles. The molecule has 1 aromatic heterocycles. The number of nitrogens with zero attached hydrogens (tertiary/aromatic N) is 3. The molecule has 4 heteroatoms. The van der Waals surface area contributed by atoms with Crippen molar-refractivity contribution < 1.29 is 0 Å². The molecule has 0 radical (unpaired) electrons. The van der Waals surface area contributed by atoms with E-state index >= 15 is 0 Å². The molecule has 0 aliphatic heterocycles. The molecule has 0 aliphatic rings. The van der Waals surface area contributed by atoms with Crippen LogP contribution in [0.3, 0.4) is 0 Å². The minimum Gasteiger partial charge on any atom is -0.314 e. The SMILES string of the molecule is CCCn1nnc(CNC)c1CCC(C)C. The van der Waals surface area contributed by atoms with Gasteiger partial charge < -0.3 is 5.32 Å². The summed E-state index contributed by atoms with van der Waals surface area (Å²) < 4.78 is 2.06. The lowest BCUT2D eigenvalue weighted by Crippen LogP contribution is -2.11. The van der Waals surface area contributed by atoms with E-state index in [9.17, 15) is 0 Å². The van der Waals surface area contributed by atoms with Crippen molar-refractivity contribution in [2.75, 3.05) is 7.05 Å². The van der Waals surface area contributed by atoms with Crippen LogP contribution in [0.5, 0.6) is 0 Å². The second kappa shape index (κ2) is 6.63. The zero-order chi connectivity index (χ0) is 12.0. The average Bonchev–Trinajstić information content (AvgIpc) is 2.59. The van der Waals surface area contributed by atoms with Gasteiger partial charge in [0.15, 0.2) is 0 Å². The summed E-state index contributed by atoms with van der Waals surface area (Å²) in [6.07, 6.45) is 3.40. The molecule has 0 unspecified atom stereocenters. The first kappa shape index (κ1) is 13.2. The quantitative estimate of drug-likeness (QED) is 0.770. The molecule has 0 spiro atoms. The van der Waals surface area contributed by atoms with Gasteiger partial charge in [0.1, 0.15) is 0 Å². The maximum atomic E-state index is 4.25. The van der Waals surface area contributed by atoms with Crippen molar-refractivity contribution >= 4 is 0 Å². The van der Waals surface area contributed by atoms with Gasteiger partial charge in [0.05, 0.1) is 11.4 Å². The molecule has 4 nitrogen and oxygen atoms in total. The third kappa shape index (κ3) is 3.59. The lowest BCUT2D eigenvalue weighted by atomic mass is 10.1. The molecule has 1 aromatic rings. The Balaban J connectivity index is 2.76. The molecule has 0 saturated carbocycles. The number of hydrogen-bond donors (Lipinski definition) is 1. The fourth-order valence-electron chi connectivity index (χ4n) is 1.76. The van der Waals surface area contributed by atoms with Crippen molar-refractivity contribution in [3.05, 3.63) is 11.4 Å². The Kier molecular flexibility index (Phi) is 5.46. The molecule has 92 valence electrons. The van der Waals surface area contributed by atoms with E-state index in [4.69, 9.17) is 0 Å². The van der Waals surface area contributed by atoms with Gasteiger partial charge in [-0.25, -0.2) is 4.68 Å². The molecule has 0 fully saturated rings. The molecule has 0 aromatic carbocycles. The maximum Gasteiger partial charge on any atom is 0.0996 e. The molecular weight excluding hydrogens is 200 g/mol. The van der Waals surface area contributed by atoms with Crippen molar-refractivity contribution in [3.8, 4) is 0 Å². The smallest absolute Gasteiger partial charge is 0.0996 e.